The van der Waals surface area contributed by atoms with E-state index in [0.717, 1.165) is 5.56 Å². The Bertz CT molecular complexity index is 1360. The molecule has 0 aliphatic carbocycles. The lowest BCUT2D eigenvalue weighted by molar-refractivity contribution is 0.252. The zero-order valence-corrected chi connectivity index (χ0v) is 18.4. The van der Waals surface area contributed by atoms with E-state index < -0.39 is 5.76 Å². The molecule has 9 heteroatoms. The summed E-state index contributed by atoms with van der Waals surface area (Å²) in [7, 11) is 0. The maximum absolute atomic E-state index is 13.2. The van der Waals surface area contributed by atoms with Crippen LogP contribution >= 0.6 is 23.4 Å². The Morgan fingerprint density at radius 3 is 2.66 bits per heavy atom. The average Bonchev–Trinajstić information content (AvgIpc) is 2.75. The monoisotopic (exact) mass is 470 g/mol. The lowest BCUT2D eigenvalue weighted by Crippen LogP contribution is -2.22. The highest BCUT2D eigenvalue weighted by atomic mass is 35.5. The number of alkyl halides is 2. The van der Waals surface area contributed by atoms with E-state index in [1.807, 2.05) is 13.0 Å². The maximum atomic E-state index is 13.2. The van der Waals surface area contributed by atoms with Crippen LogP contribution in [0.3, 0.4) is 0 Å². The first kappa shape index (κ1) is 22.0. The summed E-state index contributed by atoms with van der Waals surface area (Å²) < 4.78 is 26.6. The van der Waals surface area contributed by atoms with Crippen LogP contribution in [0.2, 0.25) is 5.02 Å². The van der Waals surface area contributed by atoms with E-state index in [1.165, 1.54) is 10.6 Å². The van der Waals surface area contributed by atoms with Gasteiger partial charge in [-0.1, -0.05) is 35.5 Å². The van der Waals surface area contributed by atoms with Gasteiger partial charge in [-0.2, -0.15) is 8.78 Å². The second-order valence-electron chi connectivity index (χ2n) is 6.83. The van der Waals surface area contributed by atoms with Crippen LogP contribution in [-0.4, -0.2) is 21.4 Å². The molecule has 0 unspecified atom stereocenters. The molecule has 0 aliphatic heterocycles. The number of aromatic nitrogens is 2. The first-order valence-corrected chi connectivity index (χ1v) is 10.8. The predicted octanol–water partition coefficient (Wildman–Crippen LogP) is 6.47. The number of anilines is 2. The number of nitrogens with zero attached hydrogens (tertiary/aromatic N) is 3. The van der Waals surface area contributed by atoms with Gasteiger partial charge in [-0.05, 0) is 61.0 Å². The zero-order valence-electron chi connectivity index (χ0n) is 16.8. The summed E-state index contributed by atoms with van der Waals surface area (Å²) in [6.07, 6.45) is 3.09. The van der Waals surface area contributed by atoms with Crippen LogP contribution in [0.15, 0.2) is 81.5 Å². The molecular weight excluding hydrogens is 454 g/mol. The predicted molar refractivity (Wildman–Crippen MR) is 126 cm³/mol. The van der Waals surface area contributed by atoms with Crippen LogP contribution in [0.5, 0.6) is 0 Å². The van der Waals surface area contributed by atoms with Crippen molar-refractivity contribution in [3.63, 3.8) is 0 Å². The van der Waals surface area contributed by atoms with E-state index in [-0.39, 0.29) is 11.1 Å². The zero-order chi connectivity index (χ0) is 22.7. The van der Waals surface area contributed by atoms with Gasteiger partial charge in [-0.25, -0.2) is 4.98 Å². The molecule has 4 aromatic rings. The van der Waals surface area contributed by atoms with Gasteiger partial charge in [0, 0.05) is 28.0 Å². The van der Waals surface area contributed by atoms with E-state index in [1.54, 1.807) is 60.8 Å². The summed E-state index contributed by atoms with van der Waals surface area (Å²) in [5.74, 6) is -2.18. The molecule has 4 rings (SSSR count). The molecule has 1 N–H and O–H groups in total. The fourth-order valence-corrected chi connectivity index (χ4v) is 3.76. The van der Waals surface area contributed by atoms with Crippen molar-refractivity contribution in [3.05, 3.63) is 93.4 Å². The second kappa shape index (κ2) is 9.50. The first-order chi connectivity index (χ1) is 15.4. The number of benzene rings is 2. The molecule has 0 spiro atoms. The summed E-state index contributed by atoms with van der Waals surface area (Å²) in [6, 6.07) is 17.1. The highest BCUT2D eigenvalue weighted by Crippen LogP contribution is 2.27. The molecule has 2 heterocycles. The SMILES string of the molecule is Cc1cccn2c(=O)c(C=Nc3cccc(Cl)c3)c(Nc3ccc(SC(F)F)cc3)nc12. The number of hydrogen-bond acceptors (Lipinski definition) is 5. The van der Waals surface area contributed by atoms with E-state index in [9.17, 15) is 13.6 Å². The molecule has 0 saturated carbocycles. The van der Waals surface area contributed by atoms with E-state index >= 15 is 0 Å². The second-order valence-corrected chi connectivity index (χ2v) is 8.33. The minimum Gasteiger partial charge on any atom is -0.339 e. The molecule has 0 saturated heterocycles. The molecule has 2 aromatic heterocycles. The minimum atomic E-state index is -2.49. The third-order valence-corrected chi connectivity index (χ3v) is 5.54. The summed E-state index contributed by atoms with van der Waals surface area (Å²) in [5, 5.41) is 3.65. The van der Waals surface area contributed by atoms with Gasteiger partial charge in [0.1, 0.15) is 17.0 Å². The highest BCUT2D eigenvalue weighted by Gasteiger charge is 2.13. The molecular formula is C23H17ClF2N4OS. The minimum absolute atomic E-state index is 0.249. The van der Waals surface area contributed by atoms with Crippen molar-refractivity contribution < 1.29 is 8.78 Å². The smallest absolute Gasteiger partial charge is 0.288 e. The van der Waals surface area contributed by atoms with Crippen molar-refractivity contribution in [1.29, 1.82) is 0 Å². The van der Waals surface area contributed by atoms with Gasteiger partial charge >= 0.3 is 0 Å². The molecule has 0 bridgehead atoms. The van der Waals surface area contributed by atoms with Gasteiger partial charge < -0.3 is 5.32 Å². The molecule has 5 nitrogen and oxygen atoms in total. The van der Waals surface area contributed by atoms with Gasteiger partial charge in [-0.15, -0.1) is 0 Å². The van der Waals surface area contributed by atoms with Crippen LogP contribution in [0, 0.1) is 6.92 Å². The van der Waals surface area contributed by atoms with Crippen molar-refractivity contribution in [1.82, 2.24) is 9.38 Å². The third kappa shape index (κ3) is 4.98. The summed E-state index contributed by atoms with van der Waals surface area (Å²) >= 11 is 6.49. The molecule has 0 radical (unpaired) electrons. The fraction of sp³-hybridized carbons (Fsp3) is 0.0870. The Kier molecular flexibility index (Phi) is 6.53. The van der Waals surface area contributed by atoms with Crippen LogP contribution in [0.1, 0.15) is 11.1 Å². The maximum Gasteiger partial charge on any atom is 0.288 e. The Morgan fingerprint density at radius 1 is 1.16 bits per heavy atom. The third-order valence-electron chi connectivity index (χ3n) is 4.58. The standard InChI is InChI=1S/C23H17ClF2N4OS/c1-14-4-3-11-30-21(14)29-20(28-16-7-9-18(10-8-16)32-23(25)26)19(22(30)31)13-27-17-6-2-5-15(24)12-17/h2-13,23,28H,1H3. The number of aryl methyl sites for hydroxylation is 1. The largest absolute Gasteiger partial charge is 0.339 e. The molecule has 2 aromatic carbocycles. The number of rotatable bonds is 6. The quantitative estimate of drug-likeness (QED) is 0.259. The van der Waals surface area contributed by atoms with Gasteiger partial charge in [0.2, 0.25) is 0 Å². The normalized spacial score (nSPS) is 11.5. The van der Waals surface area contributed by atoms with Gasteiger partial charge in [-0.3, -0.25) is 14.2 Å². The fourth-order valence-electron chi connectivity index (χ4n) is 3.08. The number of hydrogen-bond donors (Lipinski definition) is 1. The van der Waals surface area contributed by atoms with Crippen LogP contribution in [0.4, 0.5) is 26.0 Å². The first-order valence-electron chi connectivity index (χ1n) is 9.54. The number of thioether (sulfide) groups is 1. The molecule has 0 atom stereocenters. The van der Waals surface area contributed by atoms with Crippen LogP contribution in [-0.2, 0) is 0 Å². The summed E-state index contributed by atoms with van der Waals surface area (Å²) in [5.41, 5.74) is 2.48. The van der Waals surface area contributed by atoms with Gasteiger partial charge in [0.05, 0.1) is 5.69 Å². The summed E-state index contributed by atoms with van der Waals surface area (Å²) in [4.78, 5) is 22.7. The highest BCUT2D eigenvalue weighted by molar-refractivity contribution is 7.99. The number of aliphatic imine (C=N–C) groups is 1. The van der Waals surface area contributed by atoms with Crippen LogP contribution < -0.4 is 10.9 Å². The molecule has 0 aliphatic rings. The topological polar surface area (TPSA) is 58.8 Å². The van der Waals surface area contributed by atoms with Crippen molar-refractivity contribution in [2.45, 2.75) is 17.6 Å². The molecule has 0 fully saturated rings. The van der Waals surface area contributed by atoms with Crippen molar-refractivity contribution in [2.24, 2.45) is 4.99 Å². The number of halogens is 3. The van der Waals surface area contributed by atoms with E-state index in [2.05, 4.69) is 15.3 Å². The van der Waals surface area contributed by atoms with Crippen molar-refractivity contribution in [2.75, 3.05) is 5.32 Å². The number of nitrogens with one attached hydrogen (secondary N) is 1. The Morgan fingerprint density at radius 2 is 1.94 bits per heavy atom. The molecule has 0 amide bonds. The Labute approximate surface area is 191 Å². The van der Waals surface area contributed by atoms with Gasteiger partial charge in [0.15, 0.2) is 0 Å². The number of pyridine rings is 1. The van der Waals surface area contributed by atoms with Crippen molar-refractivity contribution >= 4 is 52.4 Å². The summed E-state index contributed by atoms with van der Waals surface area (Å²) in [6.45, 7) is 1.86. The molecule has 162 valence electrons. The Hall–Kier alpha value is -3.23. The van der Waals surface area contributed by atoms with Gasteiger partial charge in [0.25, 0.3) is 11.3 Å². The van der Waals surface area contributed by atoms with E-state index in [4.69, 9.17) is 11.6 Å². The van der Waals surface area contributed by atoms with Crippen molar-refractivity contribution in [3.8, 4) is 0 Å². The average molecular weight is 471 g/mol. The Balaban J connectivity index is 1.78. The lowest BCUT2D eigenvalue weighted by Gasteiger charge is -2.12. The van der Waals surface area contributed by atoms with Crippen LogP contribution in [0.25, 0.3) is 5.65 Å². The lowest BCUT2D eigenvalue weighted by atomic mass is 10.2. The van der Waals surface area contributed by atoms with E-state index in [0.29, 0.717) is 44.5 Å². The molecule has 32 heavy (non-hydrogen) atoms. The number of fused-ring (bicyclic) bond motifs is 1.